The summed E-state index contributed by atoms with van der Waals surface area (Å²) in [6.45, 7) is -0.0598. The summed E-state index contributed by atoms with van der Waals surface area (Å²) in [5.74, 6) is -2.84. The fourth-order valence-electron chi connectivity index (χ4n) is 7.05. The number of amides is 2. The van der Waals surface area contributed by atoms with Crippen molar-refractivity contribution in [2.24, 2.45) is 5.73 Å². The number of nitrogens with two attached hydrogens (primary N) is 1. The molecule has 2 fully saturated rings. The molecule has 14 nitrogen and oxygen atoms in total. The smallest absolute Gasteiger partial charge is 0.266 e. The van der Waals surface area contributed by atoms with Crippen LogP contribution in [0, 0.1) is 0 Å². The number of nitrogens with zero attached hydrogens (tertiary/aromatic N) is 2. The fourth-order valence-corrected chi connectivity index (χ4v) is 9.64. The Kier molecular flexibility index (Phi) is 13.7. The third-order valence-corrected chi connectivity index (χ3v) is 13.0. The lowest BCUT2D eigenvalue weighted by molar-refractivity contribution is -0.139. The third kappa shape index (κ3) is 11.0. The van der Waals surface area contributed by atoms with Gasteiger partial charge in [0.2, 0.25) is 27.6 Å². The number of oxazole rings is 1. The van der Waals surface area contributed by atoms with Crippen molar-refractivity contribution in [3.63, 3.8) is 0 Å². The van der Waals surface area contributed by atoms with Gasteiger partial charge in [-0.05, 0) is 81.3 Å². The molecule has 3 aromatic rings. The van der Waals surface area contributed by atoms with E-state index in [0.29, 0.717) is 53.9 Å². The number of carbonyl (C=O) groups excluding carboxylic acids is 3. The molecule has 0 radical (unpaired) electrons. The number of hydrogen-bond donors (Lipinski definition) is 4. The quantitative estimate of drug-likeness (QED) is 0.0880. The second-order valence-corrected chi connectivity index (χ2v) is 18.7. The van der Waals surface area contributed by atoms with E-state index >= 15 is 0 Å². The lowest BCUT2D eigenvalue weighted by Gasteiger charge is -2.30. The van der Waals surface area contributed by atoms with Gasteiger partial charge < -0.3 is 25.5 Å². The number of fused-ring (bicyclic) bond motifs is 1. The summed E-state index contributed by atoms with van der Waals surface area (Å²) in [6.07, 6.45) is 8.39. The van der Waals surface area contributed by atoms with Crippen LogP contribution in [0.1, 0.15) is 80.5 Å². The number of rotatable bonds is 17. The van der Waals surface area contributed by atoms with Gasteiger partial charge in [-0.1, -0.05) is 67.3 Å². The molecule has 1 aliphatic heterocycles. The molecule has 1 aromatic heterocycles. The number of carbonyl (C=O) groups is 3. The van der Waals surface area contributed by atoms with Crippen LogP contribution in [0.2, 0.25) is 5.02 Å². The minimum atomic E-state index is -3.99. The summed E-state index contributed by atoms with van der Waals surface area (Å²) in [4.78, 5) is 47.7. The number of likely N-dealkylation sites (tertiary alicyclic amines) is 1. The van der Waals surface area contributed by atoms with E-state index in [9.17, 15) is 36.3 Å². The van der Waals surface area contributed by atoms with Gasteiger partial charge in [0.05, 0.1) is 28.9 Å². The summed E-state index contributed by atoms with van der Waals surface area (Å²) in [7, 11) is -7.96. The Labute approximate surface area is 320 Å². The minimum Gasteiger partial charge on any atom is -0.434 e. The first-order valence-corrected chi connectivity index (χ1v) is 22.1. The zero-order valence-corrected chi connectivity index (χ0v) is 32.5. The Balaban J connectivity index is 1.44. The van der Waals surface area contributed by atoms with Gasteiger partial charge in [0.1, 0.15) is 17.6 Å². The number of para-hydroxylation sites is 2. The van der Waals surface area contributed by atoms with Crippen molar-refractivity contribution < 1.29 is 40.7 Å². The highest BCUT2D eigenvalue weighted by Crippen LogP contribution is 2.31. The zero-order chi connectivity index (χ0) is 39.1. The summed E-state index contributed by atoms with van der Waals surface area (Å²) >= 11 is 6.00. The minimum absolute atomic E-state index is 0.158. The first-order valence-electron chi connectivity index (χ1n) is 18.1. The maximum Gasteiger partial charge on any atom is 0.266 e. The van der Waals surface area contributed by atoms with Crippen LogP contribution < -0.4 is 15.8 Å². The average Bonchev–Trinajstić information content (AvgIpc) is 3.77. The van der Waals surface area contributed by atoms with Crippen molar-refractivity contribution >= 4 is 60.2 Å². The lowest BCUT2D eigenvalue weighted by Crippen LogP contribution is -2.55. The molecule has 1 aliphatic carbocycles. The number of hydrogen-bond acceptors (Lipinski definition) is 11. The van der Waals surface area contributed by atoms with Crippen molar-refractivity contribution in [1.29, 1.82) is 0 Å². The molecule has 294 valence electrons. The molecule has 1 saturated heterocycles. The second kappa shape index (κ2) is 17.9. The van der Waals surface area contributed by atoms with E-state index in [2.05, 4.69) is 15.0 Å². The standard InChI is InChI=1S/C37H48ClN5O9S2/c1-53(48,49)42-30(12-9-20-37(47)18-6-2-7-19-37)36(46)43-23-27(54(50,51)24-25-14-16-26(38)17-15-25)22-31(43)34(45)40-29(11-5-8-21-39)33(44)35-41-28-10-3-4-13-32(28)52-35/h3-4,9-10,13-17,20,27,29-31,42,47H,2,5-8,11-12,18-19,21-24,39H2,1H3,(H,40,45)/t27-,29+,30-,31+/m1/s1. The number of unbranched alkanes of at least 4 members (excludes halogenated alkanes) is 1. The van der Waals surface area contributed by atoms with E-state index in [0.717, 1.165) is 30.4 Å². The molecular weight excluding hydrogens is 758 g/mol. The van der Waals surface area contributed by atoms with Gasteiger partial charge in [0, 0.05) is 11.6 Å². The van der Waals surface area contributed by atoms with Gasteiger partial charge in [-0.2, -0.15) is 0 Å². The molecule has 54 heavy (non-hydrogen) atoms. The highest BCUT2D eigenvalue weighted by molar-refractivity contribution is 7.91. The molecule has 4 atom stereocenters. The number of Topliss-reactive ketones (excluding diaryl/α,β-unsaturated/α-hetero) is 1. The van der Waals surface area contributed by atoms with Crippen LogP contribution in [0.5, 0.6) is 0 Å². The van der Waals surface area contributed by atoms with Crippen LogP contribution in [-0.2, 0) is 35.2 Å². The van der Waals surface area contributed by atoms with Gasteiger partial charge >= 0.3 is 0 Å². The van der Waals surface area contributed by atoms with Gasteiger partial charge in [-0.15, -0.1) is 0 Å². The highest BCUT2D eigenvalue weighted by atomic mass is 35.5. The van der Waals surface area contributed by atoms with Gasteiger partial charge in [-0.25, -0.2) is 26.5 Å². The average molecular weight is 806 g/mol. The van der Waals surface area contributed by atoms with Crippen LogP contribution in [0.25, 0.3) is 11.1 Å². The number of benzene rings is 2. The van der Waals surface area contributed by atoms with E-state index in [1.165, 1.54) is 0 Å². The molecule has 0 unspecified atom stereocenters. The van der Waals surface area contributed by atoms with Crippen molar-refractivity contribution in [2.75, 3.05) is 19.3 Å². The van der Waals surface area contributed by atoms with Crippen LogP contribution in [0.15, 0.2) is 65.1 Å². The van der Waals surface area contributed by atoms with Crippen molar-refractivity contribution in [3.05, 3.63) is 77.2 Å². The Morgan fingerprint density at radius 2 is 1.76 bits per heavy atom. The molecule has 2 aromatic carbocycles. The number of ketones is 1. The molecule has 0 spiro atoms. The predicted octanol–water partition coefficient (Wildman–Crippen LogP) is 3.42. The molecule has 0 bridgehead atoms. The predicted molar refractivity (Wildman–Crippen MR) is 205 cm³/mol. The Morgan fingerprint density at radius 1 is 1.06 bits per heavy atom. The monoisotopic (exact) mass is 805 g/mol. The number of sulfonamides is 1. The Bertz CT molecular complexity index is 2020. The van der Waals surface area contributed by atoms with Crippen molar-refractivity contribution in [1.82, 2.24) is 19.9 Å². The maximum absolute atomic E-state index is 14.3. The SMILES string of the molecule is CS(=O)(=O)N[C@H](CC=CC1(O)CCCCC1)C(=O)N1C[C@H](S(=O)(=O)Cc2ccc(Cl)cc2)C[C@H]1C(=O)N[C@@H](CCCCN)C(=O)c1nc2ccccc2o1. The molecule has 1 saturated carbocycles. The fraction of sp³-hybridized carbons (Fsp3) is 0.514. The summed E-state index contributed by atoms with van der Waals surface area (Å²) in [5, 5.41) is 12.9. The van der Waals surface area contributed by atoms with Crippen molar-refractivity contribution in [3.8, 4) is 0 Å². The largest absolute Gasteiger partial charge is 0.434 e. The Hall–Kier alpha value is -3.67. The maximum atomic E-state index is 14.3. The van der Waals surface area contributed by atoms with Crippen LogP contribution >= 0.6 is 11.6 Å². The van der Waals surface area contributed by atoms with E-state index in [1.807, 2.05) is 0 Å². The van der Waals surface area contributed by atoms with E-state index in [1.54, 1.807) is 60.7 Å². The summed E-state index contributed by atoms with van der Waals surface area (Å²) in [6, 6.07) is 9.11. The van der Waals surface area contributed by atoms with Gasteiger partial charge in [0.15, 0.2) is 15.4 Å². The number of nitrogens with one attached hydrogen (secondary N) is 2. The topological polar surface area (TPSA) is 219 Å². The summed E-state index contributed by atoms with van der Waals surface area (Å²) < 4.78 is 60.7. The molecule has 2 aliphatic rings. The molecule has 5 N–H and O–H groups in total. The molecular formula is C37H48ClN5O9S2. The normalized spacial score (nSPS) is 20.3. The lowest BCUT2D eigenvalue weighted by atomic mass is 9.84. The molecule has 17 heteroatoms. The van der Waals surface area contributed by atoms with Gasteiger partial charge in [0.25, 0.3) is 5.89 Å². The first-order chi connectivity index (χ1) is 25.6. The highest BCUT2D eigenvalue weighted by Gasteiger charge is 2.47. The van der Waals surface area contributed by atoms with Crippen LogP contribution in [0.3, 0.4) is 0 Å². The van der Waals surface area contributed by atoms with Crippen molar-refractivity contribution in [2.45, 2.75) is 98.9 Å². The van der Waals surface area contributed by atoms with E-state index in [4.69, 9.17) is 21.8 Å². The zero-order valence-electron chi connectivity index (χ0n) is 30.2. The summed E-state index contributed by atoms with van der Waals surface area (Å²) in [5.41, 5.74) is 5.89. The van der Waals surface area contributed by atoms with Gasteiger partial charge in [-0.3, -0.25) is 14.4 Å². The third-order valence-electron chi connectivity index (χ3n) is 9.90. The van der Waals surface area contributed by atoms with E-state index < -0.39 is 78.7 Å². The molecule has 2 heterocycles. The number of sulfone groups is 1. The second-order valence-electron chi connectivity index (χ2n) is 14.2. The first kappa shape index (κ1) is 41.5. The van der Waals surface area contributed by atoms with E-state index in [-0.39, 0.29) is 25.2 Å². The number of aliphatic hydroxyl groups is 1. The molecule has 5 rings (SSSR count). The number of aromatic nitrogens is 1. The van der Waals surface area contributed by atoms with Crippen LogP contribution in [-0.4, -0.2) is 97.7 Å². The molecule has 2 amide bonds. The number of halogens is 1. The Morgan fingerprint density at radius 3 is 2.43 bits per heavy atom. The van der Waals surface area contributed by atoms with Crippen LogP contribution in [0.4, 0.5) is 0 Å².